The number of carbonyl (C=O) groups is 2. The van der Waals surface area contributed by atoms with Gasteiger partial charge in [0.05, 0.1) is 0 Å². The molecule has 7 heteroatoms. The van der Waals surface area contributed by atoms with Crippen molar-refractivity contribution < 1.29 is 19.2 Å². The summed E-state index contributed by atoms with van der Waals surface area (Å²) in [6, 6.07) is 6.07. The van der Waals surface area contributed by atoms with Crippen molar-refractivity contribution in [1.82, 2.24) is 15.0 Å². The molecular weight excluding hydrogens is 346 g/mol. The van der Waals surface area contributed by atoms with Gasteiger partial charge >= 0.3 is 5.97 Å². The second kappa shape index (κ2) is 7.13. The first-order chi connectivity index (χ1) is 12.7. The lowest BCUT2D eigenvalue weighted by Gasteiger charge is -2.26. The lowest BCUT2D eigenvalue weighted by atomic mass is 9.92. The van der Waals surface area contributed by atoms with Crippen LogP contribution < -0.4 is 0 Å². The molecule has 1 N–H and O–H groups in total. The predicted molar refractivity (Wildman–Crippen MR) is 99.2 cm³/mol. The summed E-state index contributed by atoms with van der Waals surface area (Å²) in [5.41, 5.74) is 1.12. The molecule has 1 fully saturated rings. The van der Waals surface area contributed by atoms with Gasteiger partial charge in [0.15, 0.2) is 0 Å². The fourth-order valence-corrected chi connectivity index (χ4v) is 2.97. The van der Waals surface area contributed by atoms with Crippen molar-refractivity contribution in [3.05, 3.63) is 35.7 Å². The Balaban J connectivity index is 1.85. The monoisotopic (exact) mass is 371 g/mol. The molecule has 0 saturated heterocycles. The molecule has 27 heavy (non-hydrogen) atoms. The van der Waals surface area contributed by atoms with Crippen LogP contribution in [-0.2, 0) is 11.2 Å². The first kappa shape index (κ1) is 19.1. The fraction of sp³-hybridized carbons (Fsp3) is 0.500. The molecule has 1 aliphatic carbocycles. The van der Waals surface area contributed by atoms with Crippen molar-refractivity contribution in [2.75, 3.05) is 0 Å². The Kier molecular flexibility index (Phi) is 5.04. The number of benzene rings is 1. The summed E-state index contributed by atoms with van der Waals surface area (Å²) < 4.78 is 5.33. The van der Waals surface area contributed by atoms with Gasteiger partial charge in [0, 0.05) is 23.6 Å². The molecule has 144 valence electrons. The van der Waals surface area contributed by atoms with Crippen LogP contribution in [0.25, 0.3) is 11.4 Å². The number of nitrogens with zero attached hydrogens (tertiary/aromatic N) is 3. The van der Waals surface area contributed by atoms with Crippen LogP contribution in [-0.4, -0.2) is 44.1 Å². The third-order valence-electron chi connectivity index (χ3n) is 4.47. The fourth-order valence-electron chi connectivity index (χ4n) is 2.97. The largest absolute Gasteiger partial charge is 0.480 e. The SMILES string of the molecule is CC(C(=O)O)N(C(=O)c1cccc(-c2noc(CC(C)(C)C)n2)c1)C1CC1. The maximum absolute atomic E-state index is 12.9. The molecule has 1 atom stereocenters. The van der Waals surface area contributed by atoms with Crippen LogP contribution in [0.5, 0.6) is 0 Å². The van der Waals surface area contributed by atoms with Crippen molar-refractivity contribution in [2.45, 2.75) is 59.0 Å². The van der Waals surface area contributed by atoms with E-state index in [0.717, 1.165) is 12.8 Å². The summed E-state index contributed by atoms with van der Waals surface area (Å²) in [7, 11) is 0. The van der Waals surface area contributed by atoms with Crippen LogP contribution >= 0.6 is 0 Å². The Morgan fingerprint density at radius 2 is 2.04 bits per heavy atom. The van der Waals surface area contributed by atoms with Crippen molar-refractivity contribution in [3.63, 3.8) is 0 Å². The van der Waals surface area contributed by atoms with Gasteiger partial charge in [0.25, 0.3) is 5.91 Å². The average molecular weight is 371 g/mol. The number of aromatic nitrogens is 2. The van der Waals surface area contributed by atoms with Gasteiger partial charge in [-0.05, 0) is 37.3 Å². The molecule has 0 radical (unpaired) electrons. The van der Waals surface area contributed by atoms with Crippen LogP contribution in [0.2, 0.25) is 0 Å². The molecule has 3 rings (SSSR count). The van der Waals surface area contributed by atoms with E-state index in [1.54, 1.807) is 25.1 Å². The van der Waals surface area contributed by atoms with E-state index in [1.165, 1.54) is 4.90 Å². The Morgan fingerprint density at radius 3 is 2.63 bits per heavy atom. The van der Waals surface area contributed by atoms with Crippen LogP contribution in [0.15, 0.2) is 28.8 Å². The maximum atomic E-state index is 12.9. The summed E-state index contributed by atoms with van der Waals surface area (Å²) in [6.07, 6.45) is 2.33. The van der Waals surface area contributed by atoms with Crippen LogP contribution in [0.4, 0.5) is 0 Å². The number of amides is 1. The molecule has 1 aromatic heterocycles. The molecule has 7 nitrogen and oxygen atoms in total. The van der Waals surface area contributed by atoms with E-state index in [2.05, 4.69) is 30.9 Å². The van der Waals surface area contributed by atoms with Crippen molar-refractivity contribution in [3.8, 4) is 11.4 Å². The highest BCUT2D eigenvalue weighted by Crippen LogP contribution is 2.31. The van der Waals surface area contributed by atoms with E-state index >= 15 is 0 Å². The van der Waals surface area contributed by atoms with E-state index in [0.29, 0.717) is 29.3 Å². The summed E-state index contributed by atoms with van der Waals surface area (Å²) >= 11 is 0. The molecule has 1 aliphatic rings. The van der Waals surface area contributed by atoms with E-state index in [1.807, 2.05) is 6.07 Å². The minimum absolute atomic E-state index is 0.00387. The highest BCUT2D eigenvalue weighted by Gasteiger charge is 2.38. The van der Waals surface area contributed by atoms with Crippen molar-refractivity contribution >= 4 is 11.9 Å². The van der Waals surface area contributed by atoms with Crippen LogP contribution in [0.1, 0.15) is 56.8 Å². The minimum Gasteiger partial charge on any atom is -0.480 e. The smallest absolute Gasteiger partial charge is 0.326 e. The van der Waals surface area contributed by atoms with Gasteiger partial charge in [0.2, 0.25) is 11.7 Å². The lowest BCUT2D eigenvalue weighted by Crippen LogP contribution is -2.44. The molecular formula is C20H25N3O4. The van der Waals surface area contributed by atoms with Gasteiger partial charge in [-0.15, -0.1) is 0 Å². The Hall–Kier alpha value is -2.70. The number of carboxylic acid groups (broad SMARTS) is 1. The standard InChI is InChI=1S/C20H25N3O4/c1-12(19(25)26)23(15-8-9-15)18(24)14-7-5-6-13(10-14)17-21-16(27-22-17)11-20(2,3)4/h5-7,10,12,15H,8-9,11H2,1-4H3,(H,25,26). The summed E-state index contributed by atoms with van der Waals surface area (Å²) in [5, 5.41) is 13.3. The summed E-state index contributed by atoms with van der Waals surface area (Å²) in [4.78, 5) is 30.2. The first-order valence-corrected chi connectivity index (χ1v) is 9.14. The number of rotatable bonds is 6. The normalized spacial score (nSPS) is 15.4. The zero-order chi connectivity index (χ0) is 19.8. The third-order valence-corrected chi connectivity index (χ3v) is 4.47. The van der Waals surface area contributed by atoms with Gasteiger partial charge in [-0.2, -0.15) is 4.98 Å². The number of carbonyl (C=O) groups excluding carboxylic acids is 1. The van der Waals surface area contributed by atoms with E-state index < -0.39 is 12.0 Å². The Labute approximate surface area is 158 Å². The summed E-state index contributed by atoms with van der Waals surface area (Å²) in [6.45, 7) is 7.81. The van der Waals surface area contributed by atoms with Crippen molar-refractivity contribution in [2.24, 2.45) is 5.41 Å². The Bertz CT molecular complexity index is 849. The quantitative estimate of drug-likeness (QED) is 0.836. The molecule has 1 unspecified atom stereocenters. The van der Waals surface area contributed by atoms with Crippen LogP contribution in [0, 0.1) is 5.41 Å². The number of hydrogen-bond acceptors (Lipinski definition) is 5. The zero-order valence-corrected chi connectivity index (χ0v) is 16.1. The number of carboxylic acids is 1. The van der Waals surface area contributed by atoms with E-state index in [-0.39, 0.29) is 17.4 Å². The second-order valence-electron chi connectivity index (χ2n) is 8.29. The van der Waals surface area contributed by atoms with Crippen molar-refractivity contribution in [1.29, 1.82) is 0 Å². The number of aliphatic carboxylic acids is 1. The number of hydrogen-bond donors (Lipinski definition) is 1. The molecule has 1 aromatic carbocycles. The van der Waals surface area contributed by atoms with Crippen LogP contribution in [0.3, 0.4) is 0 Å². The molecule has 0 bridgehead atoms. The van der Waals surface area contributed by atoms with Gasteiger partial charge in [-0.25, -0.2) is 4.79 Å². The topological polar surface area (TPSA) is 96.5 Å². The average Bonchev–Trinajstić information content (AvgIpc) is 3.32. The van der Waals surface area contributed by atoms with Gasteiger partial charge in [-0.1, -0.05) is 38.1 Å². The predicted octanol–water partition coefficient (Wildman–Crippen LogP) is 3.40. The third kappa shape index (κ3) is 4.53. The summed E-state index contributed by atoms with van der Waals surface area (Å²) in [5.74, 6) is -0.314. The maximum Gasteiger partial charge on any atom is 0.326 e. The van der Waals surface area contributed by atoms with E-state index in [9.17, 15) is 14.7 Å². The van der Waals surface area contributed by atoms with Gasteiger partial charge in [0.1, 0.15) is 6.04 Å². The second-order valence-corrected chi connectivity index (χ2v) is 8.29. The lowest BCUT2D eigenvalue weighted by molar-refractivity contribution is -0.141. The molecule has 0 spiro atoms. The highest BCUT2D eigenvalue weighted by molar-refractivity contribution is 5.97. The first-order valence-electron chi connectivity index (χ1n) is 9.14. The molecule has 1 heterocycles. The molecule has 2 aromatic rings. The Morgan fingerprint density at radius 1 is 1.33 bits per heavy atom. The molecule has 1 saturated carbocycles. The molecule has 0 aliphatic heterocycles. The van der Waals surface area contributed by atoms with Gasteiger partial charge < -0.3 is 14.5 Å². The zero-order valence-electron chi connectivity index (χ0n) is 16.1. The minimum atomic E-state index is -1.00. The van der Waals surface area contributed by atoms with E-state index in [4.69, 9.17) is 4.52 Å². The highest BCUT2D eigenvalue weighted by atomic mass is 16.5. The molecule has 1 amide bonds. The van der Waals surface area contributed by atoms with Gasteiger partial charge in [-0.3, -0.25) is 4.79 Å².